The maximum atomic E-state index is 11.8. The number of carboxylic acids is 2. The van der Waals surface area contributed by atoms with Crippen LogP contribution in [0.4, 0.5) is 0 Å². The molecule has 3 aromatic carbocycles. The van der Waals surface area contributed by atoms with E-state index >= 15 is 0 Å². The highest BCUT2D eigenvalue weighted by atomic mass is 35.5. The molecule has 0 fully saturated rings. The highest BCUT2D eigenvalue weighted by molar-refractivity contribution is 6.33. The van der Waals surface area contributed by atoms with Crippen LogP contribution in [-0.4, -0.2) is 31.9 Å². The van der Waals surface area contributed by atoms with Gasteiger partial charge in [-0.3, -0.25) is 4.68 Å². The molecular weight excluding hydrogens is 492 g/mol. The van der Waals surface area contributed by atoms with Crippen LogP contribution in [0.5, 0.6) is 5.75 Å². The Morgan fingerprint density at radius 2 is 1.70 bits per heavy atom. The lowest BCUT2D eigenvalue weighted by molar-refractivity contribution is 0.0695. The quantitative estimate of drug-likeness (QED) is 0.286. The van der Waals surface area contributed by atoms with E-state index in [1.807, 2.05) is 58.2 Å². The topological polar surface area (TPSA) is 102 Å². The molecule has 1 heterocycles. The molecule has 7 nitrogen and oxygen atoms in total. The summed E-state index contributed by atoms with van der Waals surface area (Å²) >= 11 is 6.36. The summed E-state index contributed by atoms with van der Waals surface area (Å²) in [5, 5.41) is 24.0. The van der Waals surface area contributed by atoms with Crippen LogP contribution >= 0.6 is 11.6 Å². The number of aromatic carboxylic acids is 2. The van der Waals surface area contributed by atoms with Gasteiger partial charge in [0.05, 0.1) is 16.1 Å². The van der Waals surface area contributed by atoms with Gasteiger partial charge in [-0.25, -0.2) is 9.59 Å². The molecule has 4 rings (SSSR count). The molecule has 0 saturated heterocycles. The Morgan fingerprint density at radius 1 is 0.946 bits per heavy atom. The average Bonchev–Trinajstić information content (AvgIpc) is 3.17. The van der Waals surface area contributed by atoms with Gasteiger partial charge in [0.25, 0.3) is 0 Å². The lowest BCUT2D eigenvalue weighted by atomic mass is 9.93. The number of carboxylic acid groups (broad SMARTS) is 2. The van der Waals surface area contributed by atoms with Gasteiger partial charge in [0, 0.05) is 18.8 Å². The predicted molar refractivity (Wildman–Crippen MR) is 142 cm³/mol. The summed E-state index contributed by atoms with van der Waals surface area (Å²) in [6.07, 6.45) is 2.10. The van der Waals surface area contributed by atoms with Gasteiger partial charge in [-0.15, -0.1) is 0 Å². The number of benzene rings is 3. The van der Waals surface area contributed by atoms with Crippen molar-refractivity contribution in [2.75, 3.05) is 0 Å². The van der Waals surface area contributed by atoms with E-state index in [1.165, 1.54) is 12.1 Å². The number of hydrogen-bond acceptors (Lipinski definition) is 4. The molecule has 8 heteroatoms. The maximum Gasteiger partial charge on any atom is 0.336 e. The van der Waals surface area contributed by atoms with Crippen molar-refractivity contribution in [1.29, 1.82) is 0 Å². The molecule has 0 amide bonds. The van der Waals surface area contributed by atoms with Gasteiger partial charge in [0.2, 0.25) is 0 Å². The number of nitrogens with zero attached hydrogens (tertiary/aromatic N) is 2. The molecule has 190 valence electrons. The van der Waals surface area contributed by atoms with Crippen molar-refractivity contribution in [3.05, 3.63) is 104 Å². The van der Waals surface area contributed by atoms with Crippen molar-refractivity contribution < 1.29 is 24.5 Å². The Balaban J connectivity index is 1.62. The summed E-state index contributed by atoms with van der Waals surface area (Å²) in [4.78, 5) is 23.2. The van der Waals surface area contributed by atoms with E-state index in [0.717, 1.165) is 44.8 Å². The number of halogens is 1. The van der Waals surface area contributed by atoms with E-state index in [-0.39, 0.29) is 11.1 Å². The summed E-state index contributed by atoms with van der Waals surface area (Å²) in [5.41, 5.74) is 6.92. The fourth-order valence-electron chi connectivity index (χ4n) is 4.40. The number of ether oxygens (including phenoxy) is 1. The smallest absolute Gasteiger partial charge is 0.336 e. The molecule has 0 saturated carbocycles. The SMILES string of the molecule is Cc1cc(-c2nn(C)cc2Cl)c(C)cc1OCc1c(C)cccc1Cc1ccc(C(=O)O)cc1C(=O)O. The van der Waals surface area contributed by atoms with Gasteiger partial charge >= 0.3 is 11.9 Å². The number of aryl methyl sites for hydroxylation is 4. The third-order valence-electron chi connectivity index (χ3n) is 6.41. The normalized spacial score (nSPS) is 10.9. The standard InChI is InChI=1S/C29H27ClN2O5/c1-16-6-5-7-19(12-20-8-9-21(28(33)34)13-23(20)29(35)36)24(16)15-37-26-11-17(2)22(10-18(26)3)27-25(30)14-32(4)31-27/h5-11,13-14H,12,15H2,1-4H3,(H,33,34)(H,35,36). The third kappa shape index (κ3) is 5.52. The molecule has 0 radical (unpaired) electrons. The number of hydrogen-bond donors (Lipinski definition) is 2. The van der Waals surface area contributed by atoms with Gasteiger partial charge in [-0.1, -0.05) is 35.9 Å². The minimum absolute atomic E-state index is 0.0245. The van der Waals surface area contributed by atoms with E-state index < -0.39 is 11.9 Å². The number of rotatable bonds is 8. The minimum atomic E-state index is -1.17. The zero-order valence-corrected chi connectivity index (χ0v) is 21.8. The van der Waals surface area contributed by atoms with Crippen LogP contribution in [0.1, 0.15) is 54.1 Å². The number of aromatic nitrogens is 2. The zero-order chi connectivity index (χ0) is 26.9. The van der Waals surface area contributed by atoms with Crippen molar-refractivity contribution >= 4 is 23.5 Å². The van der Waals surface area contributed by atoms with Crippen LogP contribution in [0.25, 0.3) is 11.3 Å². The summed E-state index contributed by atoms with van der Waals surface area (Å²) < 4.78 is 7.95. The average molecular weight is 519 g/mol. The monoisotopic (exact) mass is 518 g/mol. The first-order valence-corrected chi connectivity index (χ1v) is 12.0. The first-order chi connectivity index (χ1) is 17.5. The Bertz CT molecular complexity index is 1520. The lowest BCUT2D eigenvalue weighted by Gasteiger charge is -2.17. The van der Waals surface area contributed by atoms with Crippen molar-refractivity contribution in [2.45, 2.75) is 33.8 Å². The second-order valence-electron chi connectivity index (χ2n) is 9.09. The maximum absolute atomic E-state index is 11.8. The van der Waals surface area contributed by atoms with Crippen LogP contribution in [0, 0.1) is 20.8 Å². The molecule has 0 aliphatic rings. The summed E-state index contributed by atoms with van der Waals surface area (Å²) in [7, 11) is 1.83. The molecule has 0 unspecified atom stereocenters. The summed E-state index contributed by atoms with van der Waals surface area (Å²) in [6, 6.07) is 14.0. The van der Waals surface area contributed by atoms with Crippen LogP contribution < -0.4 is 4.74 Å². The van der Waals surface area contributed by atoms with E-state index in [0.29, 0.717) is 23.6 Å². The summed E-state index contributed by atoms with van der Waals surface area (Å²) in [6.45, 7) is 6.23. The highest BCUT2D eigenvalue weighted by Gasteiger charge is 2.18. The van der Waals surface area contributed by atoms with E-state index in [9.17, 15) is 19.8 Å². The van der Waals surface area contributed by atoms with Gasteiger partial charge in [-0.2, -0.15) is 5.10 Å². The molecule has 0 aliphatic heterocycles. The van der Waals surface area contributed by atoms with E-state index in [4.69, 9.17) is 16.3 Å². The van der Waals surface area contributed by atoms with Crippen molar-refractivity contribution in [2.24, 2.45) is 7.05 Å². The predicted octanol–water partition coefficient (Wildman–Crippen LogP) is 6.23. The van der Waals surface area contributed by atoms with Crippen LogP contribution in [0.15, 0.2) is 54.7 Å². The van der Waals surface area contributed by atoms with Gasteiger partial charge in [0.15, 0.2) is 0 Å². The van der Waals surface area contributed by atoms with Gasteiger partial charge < -0.3 is 14.9 Å². The Morgan fingerprint density at radius 3 is 2.35 bits per heavy atom. The molecular formula is C29H27ClN2O5. The molecule has 1 aromatic heterocycles. The van der Waals surface area contributed by atoms with Gasteiger partial charge in [-0.05, 0) is 84.8 Å². The zero-order valence-electron chi connectivity index (χ0n) is 21.0. The molecule has 0 spiro atoms. The van der Waals surface area contributed by atoms with Crippen molar-refractivity contribution in [3.63, 3.8) is 0 Å². The first-order valence-electron chi connectivity index (χ1n) is 11.7. The van der Waals surface area contributed by atoms with Crippen molar-refractivity contribution in [3.8, 4) is 17.0 Å². The Kier molecular flexibility index (Phi) is 7.36. The second kappa shape index (κ2) is 10.5. The van der Waals surface area contributed by atoms with Crippen molar-refractivity contribution in [1.82, 2.24) is 9.78 Å². The second-order valence-corrected chi connectivity index (χ2v) is 9.50. The van der Waals surface area contributed by atoms with Gasteiger partial charge in [0.1, 0.15) is 18.1 Å². The lowest BCUT2D eigenvalue weighted by Crippen LogP contribution is -2.09. The fraction of sp³-hybridized carbons (Fsp3) is 0.207. The van der Waals surface area contributed by atoms with Crippen LogP contribution in [0.2, 0.25) is 5.02 Å². The molecule has 0 bridgehead atoms. The first kappa shape index (κ1) is 26.0. The van der Waals surface area contributed by atoms with E-state index in [1.54, 1.807) is 16.9 Å². The minimum Gasteiger partial charge on any atom is -0.489 e. The Hall–Kier alpha value is -4.10. The van der Waals surface area contributed by atoms with Crippen LogP contribution in [0.3, 0.4) is 0 Å². The molecule has 37 heavy (non-hydrogen) atoms. The number of carbonyl (C=O) groups is 2. The molecule has 4 aromatic rings. The van der Waals surface area contributed by atoms with Crippen LogP contribution in [-0.2, 0) is 20.1 Å². The molecule has 0 atom stereocenters. The third-order valence-corrected chi connectivity index (χ3v) is 6.69. The fourth-order valence-corrected chi connectivity index (χ4v) is 4.68. The Labute approximate surface area is 219 Å². The van der Waals surface area contributed by atoms with E-state index in [2.05, 4.69) is 5.10 Å². The highest BCUT2D eigenvalue weighted by Crippen LogP contribution is 2.34. The summed E-state index contributed by atoms with van der Waals surface area (Å²) in [5.74, 6) is -1.59. The largest absolute Gasteiger partial charge is 0.489 e. The molecule has 0 aliphatic carbocycles. The molecule has 2 N–H and O–H groups in total.